The lowest BCUT2D eigenvalue weighted by Crippen LogP contribution is -2.44. The van der Waals surface area contributed by atoms with Crippen molar-refractivity contribution in [3.8, 4) is 0 Å². The number of aryl methyl sites for hydroxylation is 1. The van der Waals surface area contributed by atoms with E-state index >= 15 is 0 Å². The van der Waals surface area contributed by atoms with E-state index in [0.29, 0.717) is 30.4 Å². The van der Waals surface area contributed by atoms with Crippen molar-refractivity contribution in [3.05, 3.63) is 11.3 Å². The number of hydrogen-bond acceptors (Lipinski definition) is 5. The van der Waals surface area contributed by atoms with Crippen molar-refractivity contribution in [1.29, 1.82) is 0 Å². The molecular weight excluding hydrogens is 280 g/mol. The number of sulfonamides is 1. The molecule has 1 aromatic heterocycles. The Labute approximate surface area is 119 Å². The number of nitrogens with one attached hydrogen (secondary N) is 1. The molecule has 0 aliphatic carbocycles. The summed E-state index contributed by atoms with van der Waals surface area (Å²) >= 11 is 0. The summed E-state index contributed by atoms with van der Waals surface area (Å²) < 4.78 is 26.6. The summed E-state index contributed by atoms with van der Waals surface area (Å²) in [6, 6.07) is 0.416. The summed E-state index contributed by atoms with van der Waals surface area (Å²) in [5, 5.41) is 15.8. The Hall–Kier alpha value is -0.960. The molecule has 2 N–H and O–H groups in total. The number of rotatable bonds is 4. The largest absolute Gasteiger partial charge is 0.392 e. The highest BCUT2D eigenvalue weighted by atomic mass is 32.2. The van der Waals surface area contributed by atoms with Crippen LogP contribution in [0, 0.1) is 6.92 Å². The van der Waals surface area contributed by atoms with E-state index < -0.39 is 10.0 Å². The molecule has 7 nitrogen and oxygen atoms in total. The summed E-state index contributed by atoms with van der Waals surface area (Å²) in [5.74, 6) is 0. The number of aliphatic hydroxyl groups excluding tert-OH is 1. The third-order valence-corrected chi connectivity index (χ3v) is 5.80. The molecule has 114 valence electrons. The lowest BCUT2D eigenvalue weighted by molar-refractivity contribution is 0.196. The minimum absolute atomic E-state index is 0.0409. The van der Waals surface area contributed by atoms with Crippen molar-refractivity contribution >= 4 is 10.0 Å². The molecule has 0 spiro atoms. The second-order valence-electron chi connectivity index (χ2n) is 5.39. The van der Waals surface area contributed by atoms with Crippen LogP contribution in [0.5, 0.6) is 0 Å². The summed E-state index contributed by atoms with van der Waals surface area (Å²) in [5.41, 5.74) is 0.953. The second-order valence-corrected chi connectivity index (χ2v) is 7.24. The number of aliphatic hydroxyl groups is 1. The number of aromatic amines is 1. The van der Waals surface area contributed by atoms with Crippen LogP contribution in [0.25, 0.3) is 0 Å². The van der Waals surface area contributed by atoms with Gasteiger partial charge in [0.15, 0.2) is 5.03 Å². The van der Waals surface area contributed by atoms with Gasteiger partial charge in [-0.25, -0.2) is 8.42 Å². The Morgan fingerprint density at radius 3 is 2.50 bits per heavy atom. The summed E-state index contributed by atoms with van der Waals surface area (Å²) in [4.78, 5) is 2.13. The van der Waals surface area contributed by atoms with E-state index in [9.17, 15) is 13.5 Å². The van der Waals surface area contributed by atoms with Crippen LogP contribution in [0.2, 0.25) is 0 Å². The number of piperidine rings is 1. The molecule has 0 saturated carbocycles. The lowest BCUT2D eigenvalue weighted by atomic mass is 10.1. The van der Waals surface area contributed by atoms with E-state index in [2.05, 4.69) is 15.1 Å². The Kier molecular flexibility index (Phi) is 4.48. The molecule has 0 bridgehead atoms. The molecule has 1 saturated heterocycles. The van der Waals surface area contributed by atoms with Crippen molar-refractivity contribution in [2.75, 3.05) is 27.2 Å². The van der Waals surface area contributed by atoms with Crippen LogP contribution in [-0.2, 0) is 16.6 Å². The maximum absolute atomic E-state index is 12.6. The Morgan fingerprint density at radius 2 is 2.00 bits per heavy atom. The molecule has 1 aromatic rings. The van der Waals surface area contributed by atoms with Crippen LogP contribution < -0.4 is 0 Å². The molecule has 0 radical (unpaired) electrons. The fourth-order valence-corrected chi connectivity index (χ4v) is 4.18. The SMILES string of the molecule is Cc1[nH]nc(S(=O)(=O)N2CCC(N(C)C)CC2)c1CO. The number of H-pyrrole nitrogens is 1. The maximum Gasteiger partial charge on any atom is 0.262 e. The van der Waals surface area contributed by atoms with E-state index in [1.807, 2.05) is 14.1 Å². The monoisotopic (exact) mass is 302 g/mol. The van der Waals surface area contributed by atoms with Gasteiger partial charge in [-0.2, -0.15) is 9.40 Å². The van der Waals surface area contributed by atoms with Crippen LogP contribution >= 0.6 is 0 Å². The molecule has 1 aliphatic heterocycles. The first kappa shape index (κ1) is 15.4. The van der Waals surface area contributed by atoms with Crippen molar-refractivity contribution in [2.24, 2.45) is 0 Å². The topological polar surface area (TPSA) is 89.5 Å². The molecule has 8 heteroatoms. The highest BCUT2D eigenvalue weighted by molar-refractivity contribution is 7.89. The van der Waals surface area contributed by atoms with Gasteiger partial charge in [0.05, 0.1) is 6.61 Å². The molecule has 1 aliphatic rings. The summed E-state index contributed by atoms with van der Waals surface area (Å²) in [6.45, 7) is 2.35. The minimum atomic E-state index is -3.62. The second kappa shape index (κ2) is 5.80. The highest BCUT2D eigenvalue weighted by Crippen LogP contribution is 2.24. The Bertz CT molecular complexity index is 559. The fourth-order valence-electron chi connectivity index (χ4n) is 2.55. The Morgan fingerprint density at radius 1 is 1.40 bits per heavy atom. The van der Waals surface area contributed by atoms with Gasteiger partial charge in [-0.3, -0.25) is 5.10 Å². The van der Waals surface area contributed by atoms with E-state index in [0.717, 1.165) is 12.8 Å². The minimum Gasteiger partial charge on any atom is -0.392 e. The third kappa shape index (κ3) is 2.73. The van der Waals surface area contributed by atoms with E-state index in [1.54, 1.807) is 6.92 Å². The van der Waals surface area contributed by atoms with Crippen molar-refractivity contribution in [3.63, 3.8) is 0 Å². The molecule has 0 amide bonds. The average molecular weight is 302 g/mol. The zero-order valence-electron chi connectivity index (χ0n) is 12.1. The maximum atomic E-state index is 12.6. The standard InChI is InChI=1S/C12H22N4O3S/c1-9-11(8-17)12(14-13-9)20(18,19)16-6-4-10(5-7-16)15(2)3/h10,17H,4-8H2,1-3H3,(H,13,14). The molecule has 0 aromatic carbocycles. The van der Waals surface area contributed by atoms with Gasteiger partial charge in [0, 0.05) is 30.4 Å². The van der Waals surface area contributed by atoms with Crippen molar-refractivity contribution < 1.29 is 13.5 Å². The predicted octanol–water partition coefficient (Wildman–Crippen LogP) is -0.0749. The van der Waals surface area contributed by atoms with Crippen LogP contribution in [0.3, 0.4) is 0 Å². The Balaban J connectivity index is 2.20. The predicted molar refractivity (Wildman–Crippen MR) is 74.7 cm³/mol. The van der Waals surface area contributed by atoms with Gasteiger partial charge in [-0.05, 0) is 33.9 Å². The van der Waals surface area contributed by atoms with E-state index in [-0.39, 0.29) is 11.6 Å². The first-order valence-electron chi connectivity index (χ1n) is 6.69. The first-order valence-corrected chi connectivity index (χ1v) is 8.13. The third-order valence-electron chi connectivity index (χ3n) is 3.93. The highest BCUT2D eigenvalue weighted by Gasteiger charge is 2.33. The summed E-state index contributed by atoms with van der Waals surface area (Å²) in [6.07, 6.45) is 1.62. The number of hydrogen-bond donors (Lipinski definition) is 2. The van der Waals surface area contributed by atoms with E-state index in [4.69, 9.17) is 0 Å². The van der Waals surface area contributed by atoms with Crippen LogP contribution in [0.15, 0.2) is 5.03 Å². The van der Waals surface area contributed by atoms with Gasteiger partial charge in [-0.1, -0.05) is 0 Å². The van der Waals surface area contributed by atoms with Gasteiger partial charge in [-0.15, -0.1) is 0 Å². The smallest absolute Gasteiger partial charge is 0.262 e. The van der Waals surface area contributed by atoms with E-state index in [1.165, 1.54) is 4.31 Å². The summed E-state index contributed by atoms with van der Waals surface area (Å²) in [7, 11) is 0.399. The molecule has 20 heavy (non-hydrogen) atoms. The van der Waals surface area contributed by atoms with Gasteiger partial charge in [0.25, 0.3) is 10.0 Å². The van der Waals surface area contributed by atoms with Gasteiger partial charge in [0.1, 0.15) is 0 Å². The molecule has 2 heterocycles. The molecule has 0 unspecified atom stereocenters. The zero-order valence-corrected chi connectivity index (χ0v) is 12.9. The number of aromatic nitrogens is 2. The average Bonchev–Trinajstić information content (AvgIpc) is 2.80. The van der Waals surface area contributed by atoms with Crippen LogP contribution in [0.4, 0.5) is 0 Å². The number of nitrogens with zero attached hydrogens (tertiary/aromatic N) is 3. The first-order chi connectivity index (χ1) is 9.37. The fraction of sp³-hybridized carbons (Fsp3) is 0.750. The molecule has 0 atom stereocenters. The molecular formula is C12H22N4O3S. The van der Waals surface area contributed by atoms with Crippen molar-refractivity contribution in [2.45, 2.75) is 37.4 Å². The molecule has 2 rings (SSSR count). The lowest BCUT2D eigenvalue weighted by Gasteiger charge is -2.34. The van der Waals surface area contributed by atoms with Crippen LogP contribution in [-0.4, -0.2) is 66.2 Å². The van der Waals surface area contributed by atoms with Gasteiger partial charge in [0.2, 0.25) is 0 Å². The normalized spacial score (nSPS) is 18.9. The van der Waals surface area contributed by atoms with Gasteiger partial charge < -0.3 is 10.0 Å². The molecule has 1 fully saturated rings. The van der Waals surface area contributed by atoms with Gasteiger partial charge >= 0.3 is 0 Å². The zero-order chi connectivity index (χ0) is 14.9. The van der Waals surface area contributed by atoms with Crippen LogP contribution in [0.1, 0.15) is 24.1 Å². The van der Waals surface area contributed by atoms with Crippen molar-refractivity contribution in [1.82, 2.24) is 19.4 Å². The quantitative estimate of drug-likeness (QED) is 0.812.